The minimum Gasteiger partial charge on any atom is -0.405 e. The van der Waals surface area contributed by atoms with E-state index in [1.807, 2.05) is 78.9 Å². The second kappa shape index (κ2) is 12.4. The molecule has 0 amide bonds. The first-order chi connectivity index (χ1) is 23.7. The molecule has 48 heavy (non-hydrogen) atoms. The maximum absolute atomic E-state index is 10.1. The van der Waals surface area contributed by atoms with Crippen LogP contribution in [0.2, 0.25) is 0 Å². The summed E-state index contributed by atoms with van der Waals surface area (Å²) in [5, 5.41) is 15.3. The largest absolute Gasteiger partial charge is 0.405 e. The van der Waals surface area contributed by atoms with E-state index in [0.717, 1.165) is 76.8 Å². The van der Waals surface area contributed by atoms with Crippen molar-refractivity contribution in [1.82, 2.24) is 14.5 Å². The zero-order valence-electron chi connectivity index (χ0n) is 25.8. The number of alkyl halides is 1. The first kappa shape index (κ1) is 29.6. The Hall–Kier alpha value is -5.78. The average Bonchev–Trinajstić information content (AvgIpc) is 3.47. The Morgan fingerprint density at radius 1 is 0.625 bits per heavy atom. The zero-order chi connectivity index (χ0) is 32.6. The highest BCUT2D eigenvalue weighted by atomic mass is 127. The molecule has 0 unspecified atom stereocenters. The van der Waals surface area contributed by atoms with E-state index in [-0.39, 0.29) is 0 Å². The summed E-state index contributed by atoms with van der Waals surface area (Å²) < 4.78 is 3.03. The number of hydrogen-bond acceptors (Lipinski definition) is 4. The van der Waals surface area contributed by atoms with E-state index in [0.29, 0.717) is 5.56 Å². The van der Waals surface area contributed by atoms with E-state index >= 15 is 0 Å². The van der Waals surface area contributed by atoms with Crippen LogP contribution in [-0.2, 0) is 4.43 Å². The number of pyridine rings is 2. The number of hydrogen-bond donors (Lipinski definition) is 1. The smallest absolute Gasteiger partial charge is 0.138 e. The van der Waals surface area contributed by atoms with Gasteiger partial charge in [0.15, 0.2) is 0 Å². The van der Waals surface area contributed by atoms with Gasteiger partial charge in [0.1, 0.15) is 11.9 Å². The summed E-state index contributed by atoms with van der Waals surface area (Å²) in [4.78, 5) is 10.2. The number of para-hydroxylation sites is 1. The third-order valence-corrected chi connectivity index (χ3v) is 9.66. The summed E-state index contributed by atoms with van der Waals surface area (Å²) >= 11 is 2.41. The molecular formula is C42H28IN5. The third-order valence-electron chi connectivity index (χ3n) is 8.90. The van der Waals surface area contributed by atoms with Gasteiger partial charge >= 0.3 is 0 Å². The number of halogens is 1. The third kappa shape index (κ3) is 4.91. The summed E-state index contributed by atoms with van der Waals surface area (Å²) in [5.74, 6) is 0.811. The Bertz CT molecular complexity index is 2520. The fourth-order valence-corrected chi connectivity index (χ4v) is 7.58. The molecule has 2 N–H and O–H groups in total. The highest BCUT2D eigenvalue weighted by Crippen LogP contribution is 2.39. The number of fused-ring (bicyclic) bond motifs is 3. The number of nitriles is 1. The lowest BCUT2D eigenvalue weighted by Gasteiger charge is -2.14. The average molecular weight is 730 g/mol. The molecule has 6 heteroatoms. The van der Waals surface area contributed by atoms with Gasteiger partial charge in [-0.05, 0) is 70.1 Å². The summed E-state index contributed by atoms with van der Waals surface area (Å²) in [5.41, 5.74) is 15.6. The van der Waals surface area contributed by atoms with Crippen LogP contribution in [0.3, 0.4) is 0 Å². The van der Waals surface area contributed by atoms with Crippen molar-refractivity contribution in [1.29, 1.82) is 5.26 Å². The molecule has 5 aromatic carbocycles. The van der Waals surface area contributed by atoms with Gasteiger partial charge < -0.3 is 5.73 Å². The minimum atomic E-state index is 0.711. The van der Waals surface area contributed by atoms with Crippen LogP contribution in [0.1, 0.15) is 16.8 Å². The van der Waals surface area contributed by atoms with Crippen LogP contribution >= 0.6 is 22.6 Å². The van der Waals surface area contributed by atoms with E-state index in [1.165, 1.54) is 10.9 Å². The van der Waals surface area contributed by atoms with Crippen LogP contribution in [-0.4, -0.2) is 14.5 Å². The van der Waals surface area contributed by atoms with Gasteiger partial charge in [-0.2, -0.15) is 5.26 Å². The maximum atomic E-state index is 10.1. The fourth-order valence-electron chi connectivity index (χ4n) is 6.78. The van der Waals surface area contributed by atoms with Gasteiger partial charge in [-0.3, -0.25) is 4.57 Å². The number of nitrogens with two attached hydrogens (primary N) is 1. The van der Waals surface area contributed by atoms with Crippen molar-refractivity contribution < 1.29 is 0 Å². The first-order valence-corrected chi connectivity index (χ1v) is 17.2. The molecule has 0 saturated heterocycles. The molecule has 8 rings (SSSR count). The van der Waals surface area contributed by atoms with E-state index in [4.69, 9.17) is 15.7 Å². The quantitative estimate of drug-likeness (QED) is 0.105. The molecule has 0 atom stereocenters. The van der Waals surface area contributed by atoms with Gasteiger partial charge in [0.05, 0.1) is 33.9 Å². The standard InChI is InChI=1S/C42H28IN5/c43-25-34-31-11-5-6-17-39(31)48(40(34)23-24-44)41-18-8-16-38(47-41)37-15-7-14-36(46-37)27-19-21-28(22-20-27)42-32-12-3-1-9-29(32)35(26-45)30-10-2-4-13-33(30)42/h1-24H,25,44H2/b24-23-. The minimum absolute atomic E-state index is 0.711. The van der Waals surface area contributed by atoms with Gasteiger partial charge in [0.25, 0.3) is 0 Å². The normalized spacial score (nSPS) is 11.5. The Morgan fingerprint density at radius 3 is 1.83 bits per heavy atom. The van der Waals surface area contributed by atoms with E-state index in [2.05, 4.69) is 93.9 Å². The molecule has 0 aliphatic rings. The Morgan fingerprint density at radius 2 is 1.19 bits per heavy atom. The van der Waals surface area contributed by atoms with Crippen molar-refractivity contribution in [3.63, 3.8) is 0 Å². The predicted octanol–water partition coefficient (Wildman–Crippen LogP) is 10.5. The van der Waals surface area contributed by atoms with Crippen LogP contribution < -0.4 is 5.73 Å². The summed E-state index contributed by atoms with van der Waals surface area (Å²) in [6.07, 6.45) is 3.54. The van der Waals surface area contributed by atoms with Gasteiger partial charge in [-0.25, -0.2) is 9.97 Å². The highest BCUT2D eigenvalue weighted by molar-refractivity contribution is 14.1. The van der Waals surface area contributed by atoms with Crippen LogP contribution in [0.25, 0.3) is 78.1 Å². The fraction of sp³-hybridized carbons (Fsp3) is 0.0238. The first-order valence-electron chi connectivity index (χ1n) is 15.7. The number of rotatable bonds is 6. The van der Waals surface area contributed by atoms with Crippen molar-refractivity contribution >= 4 is 61.1 Å². The molecule has 0 radical (unpaired) electrons. The van der Waals surface area contributed by atoms with E-state index in [9.17, 15) is 5.26 Å². The lowest BCUT2D eigenvalue weighted by molar-refractivity contribution is 1.02. The Kier molecular flexibility index (Phi) is 7.67. The lowest BCUT2D eigenvalue weighted by atomic mass is 9.88. The lowest BCUT2D eigenvalue weighted by Crippen LogP contribution is -2.02. The van der Waals surface area contributed by atoms with Crippen LogP contribution in [0.15, 0.2) is 140 Å². The SMILES string of the molecule is N#Cc1c2ccccc2c(-c2ccc(-c3cccc(-c4cccc(-n5c(/C=C\N)c(CI)c6ccccc65)n4)n3)cc2)c2ccccc12. The maximum Gasteiger partial charge on any atom is 0.138 e. The van der Waals surface area contributed by atoms with Crippen LogP contribution in [0.4, 0.5) is 0 Å². The predicted molar refractivity (Wildman–Crippen MR) is 206 cm³/mol. The topological polar surface area (TPSA) is 80.5 Å². The van der Waals surface area contributed by atoms with Gasteiger partial charge in [-0.15, -0.1) is 0 Å². The Labute approximate surface area is 291 Å². The highest BCUT2D eigenvalue weighted by Gasteiger charge is 2.18. The van der Waals surface area contributed by atoms with E-state index in [1.54, 1.807) is 6.20 Å². The number of aromatic nitrogens is 3. The zero-order valence-corrected chi connectivity index (χ0v) is 28.0. The molecule has 5 nitrogen and oxygen atoms in total. The van der Waals surface area contributed by atoms with Gasteiger partial charge in [0.2, 0.25) is 0 Å². The number of nitrogens with zero attached hydrogens (tertiary/aromatic N) is 4. The second-order valence-electron chi connectivity index (χ2n) is 11.5. The van der Waals surface area contributed by atoms with Crippen molar-refractivity contribution in [3.8, 4) is 45.7 Å². The summed E-state index contributed by atoms with van der Waals surface area (Å²) in [6, 6.07) is 47.9. The molecule has 3 aromatic heterocycles. The van der Waals surface area contributed by atoms with Crippen LogP contribution in [0, 0.1) is 11.3 Å². The van der Waals surface area contributed by atoms with Crippen molar-refractivity contribution in [3.05, 3.63) is 156 Å². The van der Waals surface area contributed by atoms with Crippen molar-refractivity contribution in [2.45, 2.75) is 4.43 Å². The van der Waals surface area contributed by atoms with Gasteiger partial charge in [0, 0.05) is 26.1 Å². The number of benzene rings is 5. The van der Waals surface area contributed by atoms with Crippen molar-refractivity contribution in [2.75, 3.05) is 0 Å². The summed E-state index contributed by atoms with van der Waals surface area (Å²) in [7, 11) is 0. The molecule has 228 valence electrons. The van der Waals surface area contributed by atoms with Gasteiger partial charge in [-0.1, -0.05) is 126 Å². The van der Waals surface area contributed by atoms with Crippen molar-refractivity contribution in [2.24, 2.45) is 5.73 Å². The second-order valence-corrected chi connectivity index (χ2v) is 12.3. The molecule has 0 aliphatic carbocycles. The molecular weight excluding hydrogens is 701 g/mol. The molecule has 8 aromatic rings. The summed E-state index contributed by atoms with van der Waals surface area (Å²) in [6.45, 7) is 0. The Balaban J connectivity index is 1.19. The molecule has 0 bridgehead atoms. The molecule has 0 fully saturated rings. The van der Waals surface area contributed by atoms with Crippen LogP contribution in [0.5, 0.6) is 0 Å². The molecule has 0 aliphatic heterocycles. The molecule has 0 spiro atoms. The molecule has 0 saturated carbocycles. The molecule has 3 heterocycles. The van der Waals surface area contributed by atoms with E-state index < -0.39 is 0 Å². The monoisotopic (exact) mass is 729 g/mol.